The Kier molecular flexibility index (Phi) is 5.85. The number of quaternary nitrogens is 1. The Morgan fingerprint density at radius 3 is 2.14 bits per heavy atom. The molecule has 3 aliphatic rings. The molecule has 0 bridgehead atoms. The van der Waals surface area contributed by atoms with Gasteiger partial charge in [0.1, 0.15) is 0 Å². The van der Waals surface area contributed by atoms with Crippen molar-refractivity contribution >= 4 is 27.9 Å². The number of likely N-dealkylation sites (tertiary alicyclic amines) is 1. The number of nitrogens with zero attached hydrogens (tertiary/aromatic N) is 2. The lowest BCUT2D eigenvalue weighted by molar-refractivity contribution is -0.910. The quantitative estimate of drug-likeness (QED) is 0.699. The van der Waals surface area contributed by atoms with E-state index in [4.69, 9.17) is 0 Å². The molecule has 1 saturated carbocycles. The number of rotatable bonds is 5. The Morgan fingerprint density at radius 2 is 1.55 bits per heavy atom. The summed E-state index contributed by atoms with van der Waals surface area (Å²) in [6, 6.07) is 9.33. The molecule has 29 heavy (non-hydrogen) atoms. The topological polar surface area (TPSA) is 79.2 Å². The molecule has 1 aromatic rings. The largest absolute Gasteiger partial charge is 0.315 e. The molecule has 1 aliphatic carbocycles. The van der Waals surface area contributed by atoms with Crippen molar-refractivity contribution in [3.63, 3.8) is 0 Å². The fourth-order valence-electron chi connectivity index (χ4n) is 4.64. The van der Waals surface area contributed by atoms with Gasteiger partial charge in [0.15, 0.2) is 6.67 Å². The normalized spacial score (nSPS) is 27.0. The molecule has 2 amide bonds. The number of carbonyl (C=O) groups excluding carboxylic acids is 2. The van der Waals surface area contributed by atoms with E-state index in [1.54, 1.807) is 6.08 Å². The van der Waals surface area contributed by atoms with Crippen molar-refractivity contribution in [3.05, 3.63) is 41.3 Å². The fourth-order valence-corrected chi connectivity index (χ4v) is 5.83. The zero-order valence-electron chi connectivity index (χ0n) is 16.5. The van der Waals surface area contributed by atoms with Crippen LogP contribution in [0.15, 0.2) is 35.7 Å². The van der Waals surface area contributed by atoms with Crippen LogP contribution in [0.1, 0.15) is 31.2 Å². The van der Waals surface area contributed by atoms with Gasteiger partial charge in [0.25, 0.3) is 0 Å². The number of imide groups is 1. The maximum atomic E-state index is 12.6. The van der Waals surface area contributed by atoms with Gasteiger partial charge in [-0.05, 0) is 24.5 Å². The molecule has 1 N–H and O–H groups in total. The smallest absolute Gasteiger partial charge is 0.237 e. The van der Waals surface area contributed by atoms with Crippen LogP contribution in [0.4, 0.5) is 0 Å². The lowest BCUT2D eigenvalue weighted by Gasteiger charge is -2.32. The molecule has 2 aliphatic heterocycles. The average molecular weight is 419 g/mol. The number of hydrogen-bond acceptors (Lipinski definition) is 4. The highest BCUT2D eigenvalue weighted by atomic mass is 32.2. The molecule has 156 valence electrons. The summed E-state index contributed by atoms with van der Waals surface area (Å²) < 4.78 is 26.7. The third-order valence-corrected chi connectivity index (χ3v) is 7.90. The van der Waals surface area contributed by atoms with Gasteiger partial charge in [-0.15, -0.1) is 0 Å². The van der Waals surface area contributed by atoms with Gasteiger partial charge in [-0.1, -0.05) is 43.2 Å². The second-order valence-corrected chi connectivity index (χ2v) is 9.99. The maximum absolute atomic E-state index is 12.6. The summed E-state index contributed by atoms with van der Waals surface area (Å²) in [5, 5.41) is 1.26. The van der Waals surface area contributed by atoms with E-state index in [2.05, 4.69) is 0 Å². The SMILES string of the molecule is O=C1[C@H]2CCCC[C@@H]2C(=O)N1C[NH+]1CCN(S(=O)(=O)/C=C/c2ccccc2)CC1. The van der Waals surface area contributed by atoms with E-state index < -0.39 is 10.0 Å². The summed E-state index contributed by atoms with van der Waals surface area (Å²) in [7, 11) is -3.48. The molecule has 0 radical (unpaired) electrons. The number of hydrogen-bond donors (Lipinski definition) is 1. The van der Waals surface area contributed by atoms with Crippen LogP contribution in [0.2, 0.25) is 0 Å². The zero-order valence-corrected chi connectivity index (χ0v) is 17.3. The molecule has 2 saturated heterocycles. The first kappa shape index (κ1) is 20.3. The number of carbonyl (C=O) groups is 2. The Labute approximate surface area is 172 Å². The van der Waals surface area contributed by atoms with Gasteiger partial charge in [0.2, 0.25) is 21.8 Å². The van der Waals surface area contributed by atoms with Crippen LogP contribution in [0.5, 0.6) is 0 Å². The van der Waals surface area contributed by atoms with Gasteiger partial charge < -0.3 is 4.90 Å². The highest BCUT2D eigenvalue weighted by molar-refractivity contribution is 7.92. The molecule has 3 fully saturated rings. The molecule has 8 heteroatoms. The van der Waals surface area contributed by atoms with E-state index in [1.165, 1.54) is 14.6 Å². The van der Waals surface area contributed by atoms with Crippen molar-refractivity contribution in [2.45, 2.75) is 25.7 Å². The van der Waals surface area contributed by atoms with Crippen LogP contribution in [0.25, 0.3) is 6.08 Å². The third kappa shape index (κ3) is 4.29. The van der Waals surface area contributed by atoms with E-state index >= 15 is 0 Å². The van der Waals surface area contributed by atoms with Crippen LogP contribution in [0, 0.1) is 11.8 Å². The van der Waals surface area contributed by atoms with Crippen LogP contribution in [-0.2, 0) is 19.6 Å². The third-order valence-electron chi connectivity index (χ3n) is 6.34. The van der Waals surface area contributed by atoms with Crippen molar-refractivity contribution < 1.29 is 22.9 Å². The number of nitrogens with one attached hydrogen (secondary N) is 1. The van der Waals surface area contributed by atoms with Gasteiger partial charge in [-0.3, -0.25) is 9.59 Å². The molecular weight excluding hydrogens is 390 g/mol. The zero-order chi connectivity index (χ0) is 20.4. The van der Waals surface area contributed by atoms with E-state index in [0.29, 0.717) is 32.8 Å². The van der Waals surface area contributed by atoms with Gasteiger partial charge >= 0.3 is 0 Å². The number of benzene rings is 1. The second kappa shape index (κ2) is 8.38. The number of piperazine rings is 1. The Hall–Kier alpha value is -2.03. The van der Waals surface area contributed by atoms with Crippen molar-refractivity contribution in [3.8, 4) is 0 Å². The minimum atomic E-state index is -3.48. The standard InChI is InChI=1S/C21H27N3O4S/c25-20-18-8-4-5-9-19(18)21(26)24(20)16-22-11-13-23(14-12-22)29(27,28)15-10-17-6-2-1-3-7-17/h1-3,6-7,10,15,18-19H,4-5,8-9,11-14,16H2/p+1/b15-10+/t18-,19-/m0/s1. The Bertz CT molecular complexity index is 868. The maximum Gasteiger partial charge on any atom is 0.237 e. The highest BCUT2D eigenvalue weighted by Gasteiger charge is 2.49. The molecule has 0 aromatic heterocycles. The molecule has 1 aromatic carbocycles. The molecule has 0 spiro atoms. The van der Waals surface area contributed by atoms with Gasteiger partial charge in [-0.2, -0.15) is 4.31 Å². The fraction of sp³-hybridized carbons (Fsp3) is 0.524. The number of amides is 2. The van der Waals surface area contributed by atoms with E-state index in [9.17, 15) is 18.0 Å². The van der Waals surface area contributed by atoms with Gasteiger partial charge in [0, 0.05) is 5.41 Å². The molecule has 2 heterocycles. The summed E-state index contributed by atoms with van der Waals surface area (Å²) in [6.45, 7) is 2.31. The van der Waals surface area contributed by atoms with Gasteiger partial charge in [0.05, 0.1) is 38.0 Å². The molecular formula is C21H28N3O4S+. The van der Waals surface area contributed by atoms with Crippen molar-refractivity contribution in [2.75, 3.05) is 32.8 Å². The average Bonchev–Trinajstić information content (AvgIpc) is 2.99. The molecule has 7 nitrogen and oxygen atoms in total. The van der Waals surface area contributed by atoms with E-state index in [-0.39, 0.29) is 23.7 Å². The minimum absolute atomic E-state index is 0.0203. The van der Waals surface area contributed by atoms with Crippen molar-refractivity contribution in [1.82, 2.24) is 9.21 Å². The molecule has 0 unspecified atom stereocenters. The highest BCUT2D eigenvalue weighted by Crippen LogP contribution is 2.37. The first-order chi connectivity index (χ1) is 14.0. The lowest BCUT2D eigenvalue weighted by Crippen LogP contribution is -3.16. The van der Waals surface area contributed by atoms with Crippen molar-refractivity contribution in [2.24, 2.45) is 11.8 Å². The van der Waals surface area contributed by atoms with Crippen LogP contribution in [-0.4, -0.2) is 62.3 Å². The summed E-state index contributed by atoms with van der Waals surface area (Å²) in [5.74, 6) is -0.290. The molecule has 4 rings (SSSR count). The molecule has 2 atom stereocenters. The minimum Gasteiger partial charge on any atom is -0.315 e. The summed E-state index contributed by atoms with van der Waals surface area (Å²) >= 11 is 0. The first-order valence-corrected chi connectivity index (χ1v) is 11.9. The Balaban J connectivity index is 1.33. The van der Waals surface area contributed by atoms with Crippen LogP contribution < -0.4 is 4.90 Å². The summed E-state index contributed by atoms with van der Waals surface area (Å²) in [6.07, 6.45) is 5.29. The second-order valence-electron chi connectivity index (χ2n) is 8.17. The first-order valence-electron chi connectivity index (χ1n) is 10.4. The summed E-state index contributed by atoms with van der Waals surface area (Å²) in [4.78, 5) is 27.8. The summed E-state index contributed by atoms with van der Waals surface area (Å²) in [5.41, 5.74) is 0.841. The predicted octanol–water partition coefficient (Wildman–Crippen LogP) is 0.320. The number of sulfonamides is 1. The monoisotopic (exact) mass is 418 g/mol. The predicted molar refractivity (Wildman–Crippen MR) is 109 cm³/mol. The van der Waals surface area contributed by atoms with E-state index in [0.717, 1.165) is 36.1 Å². The van der Waals surface area contributed by atoms with Crippen molar-refractivity contribution in [1.29, 1.82) is 0 Å². The number of fused-ring (bicyclic) bond motifs is 1. The van der Waals surface area contributed by atoms with Crippen LogP contribution >= 0.6 is 0 Å². The van der Waals surface area contributed by atoms with Gasteiger partial charge in [-0.25, -0.2) is 13.3 Å². The van der Waals surface area contributed by atoms with E-state index in [1.807, 2.05) is 30.3 Å². The Morgan fingerprint density at radius 1 is 0.966 bits per heavy atom. The van der Waals surface area contributed by atoms with Crippen LogP contribution in [0.3, 0.4) is 0 Å². The lowest BCUT2D eigenvalue weighted by atomic mass is 9.81.